The molecule has 0 bridgehead atoms. The van der Waals surface area contributed by atoms with Gasteiger partial charge in [-0.25, -0.2) is 9.37 Å². The van der Waals surface area contributed by atoms with Crippen LogP contribution in [0, 0.1) is 5.82 Å². The molecule has 2 N–H and O–H groups in total. The molecule has 0 aliphatic carbocycles. The van der Waals surface area contributed by atoms with Crippen LogP contribution in [0.15, 0.2) is 42.5 Å². The summed E-state index contributed by atoms with van der Waals surface area (Å²) in [7, 11) is 0. The van der Waals surface area contributed by atoms with Crippen molar-refractivity contribution in [1.29, 1.82) is 0 Å². The molecule has 2 aromatic heterocycles. The van der Waals surface area contributed by atoms with Gasteiger partial charge in [0.1, 0.15) is 11.5 Å². The van der Waals surface area contributed by atoms with Crippen LogP contribution in [0.4, 0.5) is 4.39 Å². The lowest BCUT2D eigenvalue weighted by atomic mass is 10.2. The number of aromatic amines is 2. The number of H-pyrrole nitrogens is 2. The largest absolute Gasteiger partial charge is 0.336 e. The number of imidazole rings is 1. The Morgan fingerprint density at radius 1 is 1.00 bits per heavy atom. The molecule has 4 rings (SSSR count). The summed E-state index contributed by atoms with van der Waals surface area (Å²) in [5, 5.41) is 8.22. The Balaban J connectivity index is 1.99. The molecule has 0 atom stereocenters. The van der Waals surface area contributed by atoms with E-state index in [1.54, 1.807) is 6.07 Å². The average Bonchev–Trinajstić information content (AvgIpc) is 3.00. The molecule has 2 heterocycles. The summed E-state index contributed by atoms with van der Waals surface area (Å²) in [6.45, 7) is 0. The van der Waals surface area contributed by atoms with E-state index in [0.29, 0.717) is 11.3 Å². The molecule has 92 valence electrons. The molecule has 0 unspecified atom stereocenters. The highest BCUT2D eigenvalue weighted by Gasteiger charge is 2.12. The van der Waals surface area contributed by atoms with Gasteiger partial charge in [-0.15, -0.1) is 0 Å². The quantitative estimate of drug-likeness (QED) is 0.546. The summed E-state index contributed by atoms with van der Waals surface area (Å²) in [4.78, 5) is 7.54. The number of hydrogen-bond acceptors (Lipinski definition) is 2. The lowest BCUT2D eigenvalue weighted by molar-refractivity contribution is 0.629. The number of nitrogens with one attached hydrogen (secondary N) is 2. The molecule has 4 aromatic rings. The Hall–Kier alpha value is -2.69. The van der Waals surface area contributed by atoms with E-state index in [4.69, 9.17) is 0 Å². The molecule has 0 saturated carbocycles. The van der Waals surface area contributed by atoms with Gasteiger partial charge in [-0.05, 0) is 24.3 Å². The van der Waals surface area contributed by atoms with Gasteiger partial charge in [-0.1, -0.05) is 18.2 Å². The van der Waals surface area contributed by atoms with Crippen molar-refractivity contribution in [2.24, 2.45) is 0 Å². The minimum Gasteiger partial charge on any atom is -0.336 e. The third kappa shape index (κ3) is 1.52. The Morgan fingerprint density at radius 2 is 1.89 bits per heavy atom. The number of fused-ring (bicyclic) bond motifs is 2. The number of para-hydroxylation sites is 1. The van der Waals surface area contributed by atoms with E-state index in [1.165, 1.54) is 12.1 Å². The third-order valence-corrected chi connectivity index (χ3v) is 3.14. The molecule has 4 nitrogen and oxygen atoms in total. The van der Waals surface area contributed by atoms with Crippen LogP contribution < -0.4 is 0 Å². The number of rotatable bonds is 1. The van der Waals surface area contributed by atoms with Crippen LogP contribution in [0.5, 0.6) is 0 Å². The Kier molecular flexibility index (Phi) is 1.97. The summed E-state index contributed by atoms with van der Waals surface area (Å²) in [6, 6.07) is 12.3. The predicted molar refractivity (Wildman–Crippen MR) is 71.1 cm³/mol. The van der Waals surface area contributed by atoms with Crippen molar-refractivity contribution in [3.05, 3.63) is 48.3 Å². The first-order chi connectivity index (χ1) is 9.31. The van der Waals surface area contributed by atoms with Crippen LogP contribution in [0.2, 0.25) is 0 Å². The fraction of sp³-hybridized carbons (Fsp3) is 0. The lowest BCUT2D eigenvalue weighted by Gasteiger charge is -1.91. The molecule has 19 heavy (non-hydrogen) atoms. The van der Waals surface area contributed by atoms with Crippen LogP contribution in [0.25, 0.3) is 33.5 Å². The maximum absolute atomic E-state index is 13.2. The fourth-order valence-corrected chi connectivity index (χ4v) is 2.24. The molecule has 0 spiro atoms. The molecule has 0 radical (unpaired) electrons. The number of aromatic nitrogens is 4. The van der Waals surface area contributed by atoms with Gasteiger partial charge in [0.2, 0.25) is 0 Å². The van der Waals surface area contributed by atoms with Crippen LogP contribution in [0.1, 0.15) is 0 Å². The normalized spacial score (nSPS) is 11.4. The van der Waals surface area contributed by atoms with Crippen LogP contribution in [0.3, 0.4) is 0 Å². The van der Waals surface area contributed by atoms with Crippen LogP contribution in [-0.4, -0.2) is 20.2 Å². The molecule has 2 aromatic carbocycles. The zero-order valence-electron chi connectivity index (χ0n) is 9.81. The van der Waals surface area contributed by atoms with E-state index in [2.05, 4.69) is 20.2 Å². The minimum absolute atomic E-state index is 0.283. The summed E-state index contributed by atoms with van der Waals surface area (Å²) < 4.78 is 13.2. The molecule has 0 aliphatic rings. The number of benzene rings is 2. The van der Waals surface area contributed by atoms with E-state index >= 15 is 0 Å². The van der Waals surface area contributed by atoms with Crippen LogP contribution >= 0.6 is 0 Å². The second-order valence-corrected chi connectivity index (χ2v) is 4.36. The number of hydrogen-bond donors (Lipinski definition) is 2. The minimum atomic E-state index is -0.283. The highest BCUT2D eigenvalue weighted by molar-refractivity contribution is 5.92. The van der Waals surface area contributed by atoms with Crippen molar-refractivity contribution < 1.29 is 4.39 Å². The Morgan fingerprint density at radius 3 is 2.84 bits per heavy atom. The molecule has 0 aliphatic heterocycles. The van der Waals surface area contributed by atoms with Crippen molar-refractivity contribution >= 4 is 21.9 Å². The van der Waals surface area contributed by atoms with Gasteiger partial charge in [-0.2, -0.15) is 5.10 Å². The topological polar surface area (TPSA) is 57.4 Å². The van der Waals surface area contributed by atoms with Crippen molar-refractivity contribution in [3.8, 4) is 11.5 Å². The monoisotopic (exact) mass is 252 g/mol. The zero-order valence-corrected chi connectivity index (χ0v) is 9.81. The van der Waals surface area contributed by atoms with Gasteiger partial charge in [-0.3, -0.25) is 5.10 Å². The average molecular weight is 252 g/mol. The second-order valence-electron chi connectivity index (χ2n) is 4.36. The fourth-order valence-electron chi connectivity index (χ4n) is 2.24. The number of halogens is 1. The molecular weight excluding hydrogens is 243 g/mol. The molecule has 0 amide bonds. The summed E-state index contributed by atoms with van der Waals surface area (Å²) in [5.74, 6) is 0.354. The maximum atomic E-state index is 13.2. The standard InChI is InChI=1S/C14H9FN4/c15-8-5-6-11-12(7-8)17-14(16-11)13-9-3-1-2-4-10(9)18-19-13/h1-7H,(H,16,17)(H,18,19). The van der Waals surface area contributed by atoms with Gasteiger partial charge < -0.3 is 4.98 Å². The van der Waals surface area contributed by atoms with E-state index in [1.807, 2.05) is 24.3 Å². The highest BCUT2D eigenvalue weighted by atomic mass is 19.1. The van der Waals surface area contributed by atoms with Crippen molar-refractivity contribution in [3.63, 3.8) is 0 Å². The van der Waals surface area contributed by atoms with Gasteiger partial charge in [0.05, 0.1) is 16.6 Å². The van der Waals surface area contributed by atoms with Gasteiger partial charge in [0, 0.05) is 5.39 Å². The van der Waals surface area contributed by atoms with Crippen molar-refractivity contribution in [2.45, 2.75) is 0 Å². The smallest absolute Gasteiger partial charge is 0.159 e. The first-order valence-corrected chi connectivity index (χ1v) is 5.90. The second kappa shape index (κ2) is 3.65. The van der Waals surface area contributed by atoms with E-state index in [-0.39, 0.29) is 5.82 Å². The first kappa shape index (κ1) is 10.3. The Bertz CT molecular complexity index is 891. The molecule has 0 saturated heterocycles. The van der Waals surface area contributed by atoms with E-state index in [9.17, 15) is 4.39 Å². The molecule has 5 heteroatoms. The SMILES string of the molecule is Fc1ccc2nc(-c3n[nH]c4ccccc34)[nH]c2c1. The number of nitrogens with zero attached hydrogens (tertiary/aromatic N) is 2. The lowest BCUT2D eigenvalue weighted by Crippen LogP contribution is -1.80. The van der Waals surface area contributed by atoms with E-state index < -0.39 is 0 Å². The highest BCUT2D eigenvalue weighted by Crippen LogP contribution is 2.25. The molecule has 0 fully saturated rings. The van der Waals surface area contributed by atoms with E-state index in [0.717, 1.165) is 22.1 Å². The zero-order chi connectivity index (χ0) is 12.8. The Labute approximate surface area is 107 Å². The van der Waals surface area contributed by atoms with Gasteiger partial charge >= 0.3 is 0 Å². The van der Waals surface area contributed by atoms with Gasteiger partial charge in [0.25, 0.3) is 0 Å². The predicted octanol–water partition coefficient (Wildman–Crippen LogP) is 3.25. The van der Waals surface area contributed by atoms with Crippen molar-refractivity contribution in [2.75, 3.05) is 0 Å². The van der Waals surface area contributed by atoms with Crippen LogP contribution in [-0.2, 0) is 0 Å². The summed E-state index contributed by atoms with van der Waals surface area (Å²) in [6.07, 6.45) is 0. The first-order valence-electron chi connectivity index (χ1n) is 5.90. The van der Waals surface area contributed by atoms with Crippen molar-refractivity contribution in [1.82, 2.24) is 20.2 Å². The maximum Gasteiger partial charge on any atom is 0.159 e. The summed E-state index contributed by atoms with van der Waals surface area (Å²) in [5.41, 5.74) is 3.09. The third-order valence-electron chi connectivity index (χ3n) is 3.14. The van der Waals surface area contributed by atoms with Gasteiger partial charge in [0.15, 0.2) is 5.82 Å². The summed E-state index contributed by atoms with van der Waals surface area (Å²) >= 11 is 0. The molecular formula is C14H9FN4.